The fraction of sp³-hybridized carbons (Fsp3) is 0.143. The van der Waals surface area contributed by atoms with Crippen molar-refractivity contribution in [2.75, 3.05) is 0 Å². The lowest BCUT2D eigenvalue weighted by molar-refractivity contribution is -0.665. The molecule has 0 amide bonds. The van der Waals surface area contributed by atoms with Crippen LogP contribution in [-0.4, -0.2) is 4.57 Å². The zero-order valence-electron chi connectivity index (χ0n) is 10.3. The zero-order chi connectivity index (χ0) is 12.7. The first kappa shape index (κ1) is 10.8. The second-order valence-electron chi connectivity index (χ2n) is 4.29. The van der Waals surface area contributed by atoms with Gasteiger partial charge in [0.1, 0.15) is 0 Å². The average molecular weight is 241 g/mol. The summed E-state index contributed by atoms with van der Waals surface area (Å²) in [6.45, 7) is 1.97. The van der Waals surface area contributed by atoms with E-state index in [1.165, 1.54) is 0 Å². The molecular formula is C14H13N2O2+. The van der Waals surface area contributed by atoms with Crippen LogP contribution in [0.2, 0.25) is 0 Å². The molecule has 1 aromatic carbocycles. The summed E-state index contributed by atoms with van der Waals surface area (Å²) in [6, 6.07) is 11.4. The number of rotatable bonds is 1. The molecule has 0 atom stereocenters. The Labute approximate surface area is 104 Å². The van der Waals surface area contributed by atoms with Crippen LogP contribution in [0.5, 0.6) is 0 Å². The highest BCUT2D eigenvalue weighted by Gasteiger charge is 2.21. The zero-order valence-corrected chi connectivity index (χ0v) is 10.3. The van der Waals surface area contributed by atoms with E-state index in [-0.39, 0.29) is 5.76 Å². The van der Waals surface area contributed by atoms with Crippen molar-refractivity contribution in [2.45, 2.75) is 6.92 Å². The summed E-state index contributed by atoms with van der Waals surface area (Å²) in [6.07, 6.45) is 1.90. The summed E-state index contributed by atoms with van der Waals surface area (Å²) in [5.74, 6) is 0.427. The van der Waals surface area contributed by atoms with Crippen LogP contribution in [0, 0.1) is 6.92 Å². The summed E-state index contributed by atoms with van der Waals surface area (Å²) < 4.78 is 8.78. The van der Waals surface area contributed by atoms with Crippen LogP contribution < -0.4 is 10.3 Å². The molecule has 3 aromatic rings. The van der Waals surface area contributed by atoms with Crippen molar-refractivity contribution < 1.29 is 8.98 Å². The topological polar surface area (TPSA) is 39.0 Å². The molecule has 0 aliphatic carbocycles. The Balaban J connectivity index is 2.47. The van der Waals surface area contributed by atoms with E-state index >= 15 is 0 Å². The number of nitrogens with zero attached hydrogens (tertiary/aromatic N) is 2. The van der Waals surface area contributed by atoms with Crippen LogP contribution in [0.1, 0.15) is 5.56 Å². The molecule has 0 saturated carbocycles. The van der Waals surface area contributed by atoms with Gasteiger partial charge in [0, 0.05) is 11.6 Å². The molecule has 4 nitrogen and oxygen atoms in total. The first-order chi connectivity index (χ1) is 8.68. The van der Waals surface area contributed by atoms with E-state index in [1.54, 1.807) is 4.57 Å². The smallest absolute Gasteiger partial charge is 0.387 e. The van der Waals surface area contributed by atoms with Crippen LogP contribution in [-0.2, 0) is 7.05 Å². The number of oxazole rings is 1. The van der Waals surface area contributed by atoms with Crippen molar-refractivity contribution in [3.63, 3.8) is 0 Å². The van der Waals surface area contributed by atoms with E-state index in [2.05, 4.69) is 0 Å². The van der Waals surface area contributed by atoms with Gasteiger partial charge in [0.2, 0.25) is 0 Å². The minimum Gasteiger partial charge on any atom is -0.387 e. The molecule has 2 heterocycles. The van der Waals surface area contributed by atoms with E-state index in [9.17, 15) is 4.79 Å². The number of fused-ring (bicyclic) bond motifs is 1. The van der Waals surface area contributed by atoms with E-state index < -0.39 is 0 Å². The number of aromatic nitrogens is 2. The largest absolute Gasteiger partial charge is 0.518 e. The first-order valence-corrected chi connectivity index (χ1v) is 5.74. The Kier molecular flexibility index (Phi) is 2.30. The molecular weight excluding hydrogens is 228 g/mol. The molecule has 3 rings (SSSR count). The molecule has 4 heteroatoms. The molecule has 18 heavy (non-hydrogen) atoms. The van der Waals surface area contributed by atoms with Crippen LogP contribution in [0.15, 0.2) is 51.8 Å². The van der Waals surface area contributed by atoms with Crippen molar-refractivity contribution in [3.8, 4) is 5.82 Å². The van der Waals surface area contributed by atoms with Gasteiger partial charge in [0.25, 0.3) is 5.82 Å². The number of hydrogen-bond donors (Lipinski definition) is 0. The van der Waals surface area contributed by atoms with Crippen LogP contribution in [0.4, 0.5) is 0 Å². The van der Waals surface area contributed by atoms with Crippen LogP contribution >= 0.6 is 0 Å². The summed E-state index contributed by atoms with van der Waals surface area (Å²) in [5, 5.41) is 0. The number of hydrogen-bond acceptors (Lipinski definition) is 2. The number of para-hydroxylation sites is 1. The van der Waals surface area contributed by atoms with Gasteiger partial charge in [-0.2, -0.15) is 4.79 Å². The van der Waals surface area contributed by atoms with Gasteiger partial charge in [-0.3, -0.25) is 0 Å². The molecule has 0 aliphatic rings. The Morgan fingerprint density at radius 3 is 2.78 bits per heavy atom. The Hall–Kier alpha value is -2.36. The third kappa shape index (κ3) is 1.46. The van der Waals surface area contributed by atoms with E-state index in [1.807, 2.05) is 61.1 Å². The molecule has 0 unspecified atom stereocenters. The van der Waals surface area contributed by atoms with Crippen molar-refractivity contribution in [3.05, 3.63) is 58.7 Å². The Morgan fingerprint density at radius 1 is 1.17 bits per heavy atom. The fourth-order valence-electron chi connectivity index (χ4n) is 2.19. The lowest BCUT2D eigenvalue weighted by Gasteiger charge is -2.00. The maximum atomic E-state index is 12.0. The van der Waals surface area contributed by atoms with Gasteiger partial charge >= 0.3 is 5.76 Å². The Morgan fingerprint density at radius 2 is 2.00 bits per heavy atom. The fourth-order valence-corrected chi connectivity index (χ4v) is 2.19. The molecule has 0 aliphatic heterocycles. The highest BCUT2D eigenvalue weighted by Crippen LogP contribution is 2.18. The summed E-state index contributed by atoms with van der Waals surface area (Å²) in [7, 11) is 1.90. The van der Waals surface area contributed by atoms with Gasteiger partial charge in [-0.15, -0.1) is 4.57 Å². The molecule has 0 spiro atoms. The molecule has 0 saturated heterocycles. The minimum atomic E-state index is -0.360. The highest BCUT2D eigenvalue weighted by atomic mass is 16.4. The Bertz CT molecular complexity index is 784. The third-order valence-electron chi connectivity index (χ3n) is 3.06. The maximum Gasteiger partial charge on any atom is 0.518 e. The molecule has 0 fully saturated rings. The standard InChI is InChI=1S/C14H13N2O2/c1-10-6-5-7-11-13(10)16(14(17)18-11)12-8-3-4-9-15(12)2/h3-9H,1-2H3/q+1. The normalized spacial score (nSPS) is 11.0. The lowest BCUT2D eigenvalue weighted by Crippen LogP contribution is -2.35. The van der Waals surface area contributed by atoms with Crippen molar-refractivity contribution >= 4 is 11.1 Å². The van der Waals surface area contributed by atoms with Gasteiger partial charge in [0.05, 0.1) is 13.2 Å². The first-order valence-electron chi connectivity index (χ1n) is 5.74. The second-order valence-corrected chi connectivity index (χ2v) is 4.29. The lowest BCUT2D eigenvalue weighted by atomic mass is 10.2. The molecule has 0 N–H and O–H groups in total. The van der Waals surface area contributed by atoms with Crippen molar-refractivity contribution in [1.82, 2.24) is 4.57 Å². The molecule has 0 bridgehead atoms. The quantitative estimate of drug-likeness (QED) is 0.608. The SMILES string of the molecule is Cc1cccc2oc(=O)n(-c3cccc[n+]3C)c12. The minimum absolute atomic E-state index is 0.360. The van der Waals surface area contributed by atoms with E-state index in [4.69, 9.17) is 4.42 Å². The van der Waals surface area contributed by atoms with Crippen LogP contribution in [0.25, 0.3) is 16.9 Å². The third-order valence-corrected chi connectivity index (χ3v) is 3.06. The summed E-state index contributed by atoms with van der Waals surface area (Å²) in [5.41, 5.74) is 2.45. The predicted octanol–water partition coefficient (Wildman–Crippen LogP) is 1.72. The van der Waals surface area contributed by atoms with Gasteiger partial charge in [0.15, 0.2) is 11.1 Å². The van der Waals surface area contributed by atoms with Crippen LogP contribution in [0.3, 0.4) is 0 Å². The van der Waals surface area contributed by atoms with E-state index in [0.29, 0.717) is 5.58 Å². The monoisotopic (exact) mass is 241 g/mol. The average Bonchev–Trinajstić information content (AvgIpc) is 2.68. The van der Waals surface area contributed by atoms with Gasteiger partial charge < -0.3 is 4.42 Å². The predicted molar refractivity (Wildman–Crippen MR) is 67.7 cm³/mol. The molecule has 0 radical (unpaired) electrons. The molecule has 90 valence electrons. The second kappa shape index (κ2) is 3.84. The maximum absolute atomic E-state index is 12.0. The summed E-state index contributed by atoms with van der Waals surface area (Å²) in [4.78, 5) is 12.0. The number of aryl methyl sites for hydroxylation is 2. The van der Waals surface area contributed by atoms with Gasteiger partial charge in [-0.1, -0.05) is 18.2 Å². The molecule has 2 aromatic heterocycles. The van der Waals surface area contributed by atoms with E-state index in [0.717, 1.165) is 16.9 Å². The number of pyridine rings is 1. The van der Waals surface area contributed by atoms with Crippen molar-refractivity contribution in [1.29, 1.82) is 0 Å². The highest BCUT2D eigenvalue weighted by molar-refractivity contribution is 5.78. The van der Waals surface area contributed by atoms with Gasteiger partial charge in [-0.05, 0) is 19.1 Å². The number of benzene rings is 1. The van der Waals surface area contributed by atoms with Gasteiger partial charge in [-0.25, -0.2) is 4.57 Å². The van der Waals surface area contributed by atoms with Crippen molar-refractivity contribution in [2.24, 2.45) is 7.05 Å². The summed E-state index contributed by atoms with van der Waals surface area (Å²) >= 11 is 0.